The van der Waals surface area contributed by atoms with Gasteiger partial charge in [-0.1, -0.05) is 31.2 Å². The molecule has 0 aromatic heterocycles. The lowest BCUT2D eigenvalue weighted by Crippen LogP contribution is -2.28. The molecule has 0 radical (unpaired) electrons. The van der Waals surface area contributed by atoms with Crippen LogP contribution in [0, 0.1) is 11.3 Å². The highest BCUT2D eigenvalue weighted by atomic mass is 15.2. The molecule has 0 bridgehead atoms. The summed E-state index contributed by atoms with van der Waals surface area (Å²) in [5.74, 6) is 0. The molecule has 0 fully saturated rings. The second-order valence-corrected chi connectivity index (χ2v) is 4.52. The van der Waals surface area contributed by atoms with Crippen LogP contribution in [0.1, 0.15) is 43.0 Å². The largest absolute Gasteiger partial charge is 0.324 e. The van der Waals surface area contributed by atoms with E-state index in [0.717, 1.165) is 19.5 Å². The molecule has 1 aliphatic rings. The first kappa shape index (κ1) is 12.1. The second kappa shape index (κ2) is 5.31. The van der Waals surface area contributed by atoms with E-state index in [0.29, 0.717) is 12.5 Å². The van der Waals surface area contributed by atoms with Crippen LogP contribution in [0.4, 0.5) is 0 Å². The summed E-state index contributed by atoms with van der Waals surface area (Å²) in [6.07, 6.45) is 1.56. The van der Waals surface area contributed by atoms with Gasteiger partial charge in [-0.15, -0.1) is 0 Å². The molecule has 0 spiro atoms. The lowest BCUT2D eigenvalue weighted by Gasteiger charge is -2.27. The summed E-state index contributed by atoms with van der Waals surface area (Å²) < 4.78 is 0. The number of benzene rings is 1. The first-order valence-electron chi connectivity index (χ1n) is 6.23. The van der Waals surface area contributed by atoms with Crippen LogP contribution >= 0.6 is 0 Å². The third-order valence-electron chi connectivity index (χ3n) is 3.59. The van der Waals surface area contributed by atoms with Crippen molar-refractivity contribution in [2.75, 3.05) is 13.1 Å². The van der Waals surface area contributed by atoms with Gasteiger partial charge < -0.3 is 5.73 Å². The lowest BCUT2D eigenvalue weighted by molar-refractivity contribution is 0.206. The summed E-state index contributed by atoms with van der Waals surface area (Å²) in [7, 11) is 0. The molecule has 0 saturated heterocycles. The topological polar surface area (TPSA) is 53.0 Å². The van der Waals surface area contributed by atoms with Crippen LogP contribution in [0.2, 0.25) is 0 Å². The number of nitrogens with zero attached hydrogens (tertiary/aromatic N) is 2. The summed E-state index contributed by atoms with van der Waals surface area (Å²) in [5.41, 5.74) is 8.78. The molecule has 0 amide bonds. The molecule has 2 atom stereocenters. The number of nitriles is 1. The van der Waals surface area contributed by atoms with Crippen molar-refractivity contribution < 1.29 is 0 Å². The lowest BCUT2D eigenvalue weighted by atomic mass is 10.1. The molecular weight excluding hydrogens is 210 g/mol. The van der Waals surface area contributed by atoms with E-state index in [1.54, 1.807) is 0 Å². The van der Waals surface area contributed by atoms with Crippen molar-refractivity contribution in [3.8, 4) is 6.07 Å². The second-order valence-electron chi connectivity index (χ2n) is 4.52. The van der Waals surface area contributed by atoms with E-state index >= 15 is 0 Å². The number of hydrogen-bond donors (Lipinski definition) is 1. The van der Waals surface area contributed by atoms with Crippen LogP contribution in [0.25, 0.3) is 0 Å². The zero-order valence-corrected chi connectivity index (χ0v) is 10.3. The molecule has 1 aliphatic carbocycles. The van der Waals surface area contributed by atoms with Gasteiger partial charge in [-0.3, -0.25) is 4.90 Å². The third-order valence-corrected chi connectivity index (χ3v) is 3.59. The molecule has 0 aliphatic heterocycles. The number of hydrogen-bond acceptors (Lipinski definition) is 3. The monoisotopic (exact) mass is 229 g/mol. The fourth-order valence-electron chi connectivity index (χ4n) is 2.72. The Labute approximate surface area is 103 Å². The molecule has 0 heterocycles. The van der Waals surface area contributed by atoms with E-state index in [1.807, 2.05) is 6.07 Å². The quantitative estimate of drug-likeness (QED) is 0.862. The van der Waals surface area contributed by atoms with Gasteiger partial charge in [-0.05, 0) is 24.1 Å². The highest BCUT2D eigenvalue weighted by Crippen LogP contribution is 2.40. The van der Waals surface area contributed by atoms with Gasteiger partial charge >= 0.3 is 0 Å². The average molecular weight is 229 g/mol. The van der Waals surface area contributed by atoms with Crippen LogP contribution in [-0.4, -0.2) is 18.0 Å². The molecule has 2 N–H and O–H groups in total. The van der Waals surface area contributed by atoms with Crippen molar-refractivity contribution in [2.24, 2.45) is 5.73 Å². The van der Waals surface area contributed by atoms with Crippen molar-refractivity contribution in [1.29, 1.82) is 5.26 Å². The van der Waals surface area contributed by atoms with E-state index in [9.17, 15) is 0 Å². The van der Waals surface area contributed by atoms with Crippen molar-refractivity contribution in [3.05, 3.63) is 35.4 Å². The maximum absolute atomic E-state index is 8.70. The maximum Gasteiger partial charge on any atom is 0.0635 e. The Morgan fingerprint density at radius 3 is 2.76 bits per heavy atom. The van der Waals surface area contributed by atoms with E-state index < -0.39 is 0 Å². The van der Waals surface area contributed by atoms with E-state index in [4.69, 9.17) is 11.0 Å². The highest BCUT2D eigenvalue weighted by Gasteiger charge is 2.31. The Morgan fingerprint density at radius 1 is 1.41 bits per heavy atom. The molecule has 90 valence electrons. The van der Waals surface area contributed by atoms with Crippen LogP contribution in [-0.2, 0) is 0 Å². The van der Waals surface area contributed by atoms with Crippen molar-refractivity contribution in [1.82, 2.24) is 4.90 Å². The summed E-state index contributed by atoms with van der Waals surface area (Å²) in [6.45, 7) is 3.94. The summed E-state index contributed by atoms with van der Waals surface area (Å²) >= 11 is 0. The Bertz CT molecular complexity index is 422. The molecule has 1 aromatic carbocycles. The van der Waals surface area contributed by atoms with Gasteiger partial charge in [0.1, 0.15) is 0 Å². The Kier molecular flexibility index (Phi) is 3.78. The fraction of sp³-hybridized carbons (Fsp3) is 0.500. The number of nitrogens with two attached hydrogens (primary N) is 1. The SMILES string of the molecule is CCN(CCC#N)C1CC(N)c2ccccc21. The van der Waals surface area contributed by atoms with E-state index in [2.05, 4.69) is 36.1 Å². The molecule has 17 heavy (non-hydrogen) atoms. The zero-order chi connectivity index (χ0) is 12.3. The summed E-state index contributed by atoms with van der Waals surface area (Å²) in [4.78, 5) is 2.36. The average Bonchev–Trinajstić information content (AvgIpc) is 2.69. The zero-order valence-electron chi connectivity index (χ0n) is 10.3. The van der Waals surface area contributed by atoms with Gasteiger partial charge in [-0.2, -0.15) is 5.26 Å². The first-order valence-corrected chi connectivity index (χ1v) is 6.23. The van der Waals surface area contributed by atoms with Crippen molar-refractivity contribution in [3.63, 3.8) is 0 Å². The Morgan fingerprint density at radius 2 is 2.12 bits per heavy atom. The molecule has 0 saturated carbocycles. The Balaban J connectivity index is 2.20. The molecule has 1 aromatic rings. The van der Waals surface area contributed by atoms with Crippen molar-refractivity contribution in [2.45, 2.75) is 31.8 Å². The predicted molar refractivity (Wildman–Crippen MR) is 68.2 cm³/mol. The van der Waals surface area contributed by atoms with Gasteiger partial charge in [0.25, 0.3) is 0 Å². The third kappa shape index (κ3) is 2.33. The smallest absolute Gasteiger partial charge is 0.0635 e. The molecule has 3 nitrogen and oxygen atoms in total. The van der Waals surface area contributed by atoms with E-state index in [-0.39, 0.29) is 6.04 Å². The van der Waals surface area contributed by atoms with Crippen LogP contribution < -0.4 is 5.73 Å². The van der Waals surface area contributed by atoms with E-state index in [1.165, 1.54) is 11.1 Å². The van der Waals surface area contributed by atoms with Gasteiger partial charge in [-0.25, -0.2) is 0 Å². The minimum absolute atomic E-state index is 0.146. The molecule has 2 unspecified atom stereocenters. The fourth-order valence-corrected chi connectivity index (χ4v) is 2.72. The van der Waals surface area contributed by atoms with Crippen LogP contribution in [0.15, 0.2) is 24.3 Å². The standard InChI is InChI=1S/C14H19N3/c1-2-17(9-5-8-15)14-10-13(16)11-6-3-4-7-12(11)14/h3-4,6-7,13-14H,2,5,9-10,16H2,1H3. The van der Waals surface area contributed by atoms with Gasteiger partial charge in [0.05, 0.1) is 6.07 Å². The van der Waals surface area contributed by atoms with Crippen molar-refractivity contribution >= 4 is 0 Å². The summed E-state index contributed by atoms with van der Waals surface area (Å²) in [5, 5.41) is 8.70. The molecular formula is C14H19N3. The van der Waals surface area contributed by atoms with Crippen LogP contribution in [0.3, 0.4) is 0 Å². The first-order chi connectivity index (χ1) is 8.27. The minimum Gasteiger partial charge on any atom is -0.324 e. The van der Waals surface area contributed by atoms with Gasteiger partial charge in [0.2, 0.25) is 0 Å². The van der Waals surface area contributed by atoms with Gasteiger partial charge in [0, 0.05) is 25.0 Å². The van der Waals surface area contributed by atoms with Crippen LogP contribution in [0.5, 0.6) is 0 Å². The number of fused-ring (bicyclic) bond motifs is 1. The molecule has 3 heteroatoms. The minimum atomic E-state index is 0.146. The highest BCUT2D eigenvalue weighted by molar-refractivity contribution is 5.37. The number of rotatable bonds is 4. The molecule has 2 rings (SSSR count). The Hall–Kier alpha value is -1.37. The maximum atomic E-state index is 8.70. The normalized spacial score (nSPS) is 22.5. The summed E-state index contributed by atoms with van der Waals surface area (Å²) in [6, 6.07) is 11.2. The predicted octanol–water partition coefficient (Wildman–Crippen LogP) is 2.37. The van der Waals surface area contributed by atoms with Gasteiger partial charge in [0.15, 0.2) is 0 Å².